The average molecular weight is 268 g/mol. The number of aliphatic hydroxyl groups excluding tert-OH is 1. The summed E-state index contributed by atoms with van der Waals surface area (Å²) < 4.78 is 0. The van der Waals surface area contributed by atoms with Crippen LogP contribution >= 0.6 is 0 Å². The number of hydrogen-bond donors (Lipinski definition) is 2. The first-order valence-corrected chi connectivity index (χ1v) is 6.31. The van der Waals surface area contributed by atoms with Crippen molar-refractivity contribution >= 4 is 11.6 Å². The monoisotopic (exact) mass is 268 g/mol. The molecule has 0 unspecified atom stereocenters. The number of carbonyl (C=O) groups is 1. The molecule has 20 heavy (non-hydrogen) atoms. The van der Waals surface area contributed by atoms with Gasteiger partial charge < -0.3 is 5.11 Å². The van der Waals surface area contributed by atoms with Gasteiger partial charge in [0.15, 0.2) is 0 Å². The average Bonchev–Trinajstić information content (AvgIpc) is 2.49. The summed E-state index contributed by atoms with van der Waals surface area (Å²) in [5.74, 6) is -0.279. The SMILES string of the molecule is CC(=O)N/N=C(\c1ccccc1)[C@H](O)c1ccccc1. The number of amides is 1. The molecule has 0 bridgehead atoms. The Hall–Kier alpha value is -2.46. The van der Waals surface area contributed by atoms with Gasteiger partial charge in [-0.3, -0.25) is 4.79 Å². The molecule has 0 spiro atoms. The van der Waals surface area contributed by atoms with E-state index in [-0.39, 0.29) is 5.91 Å². The second-order valence-corrected chi connectivity index (χ2v) is 4.34. The zero-order chi connectivity index (χ0) is 14.4. The largest absolute Gasteiger partial charge is 0.382 e. The number of nitrogens with zero attached hydrogens (tertiary/aromatic N) is 1. The zero-order valence-corrected chi connectivity index (χ0v) is 11.2. The molecular formula is C16H16N2O2. The molecule has 2 N–H and O–H groups in total. The quantitative estimate of drug-likeness (QED) is 0.660. The third-order valence-corrected chi connectivity index (χ3v) is 2.78. The van der Waals surface area contributed by atoms with Crippen LogP contribution < -0.4 is 5.43 Å². The smallest absolute Gasteiger partial charge is 0.236 e. The van der Waals surface area contributed by atoms with Gasteiger partial charge in [-0.25, -0.2) is 5.43 Å². The fourth-order valence-corrected chi connectivity index (χ4v) is 1.82. The van der Waals surface area contributed by atoms with Gasteiger partial charge in [-0.05, 0) is 5.56 Å². The van der Waals surface area contributed by atoms with Gasteiger partial charge in [-0.1, -0.05) is 60.7 Å². The van der Waals surface area contributed by atoms with Gasteiger partial charge in [0.1, 0.15) is 11.8 Å². The molecule has 0 fully saturated rings. The molecule has 0 aliphatic heterocycles. The van der Waals surface area contributed by atoms with Crippen LogP contribution in [0.2, 0.25) is 0 Å². The van der Waals surface area contributed by atoms with Crippen LogP contribution in [0.15, 0.2) is 65.8 Å². The van der Waals surface area contributed by atoms with Gasteiger partial charge in [-0.15, -0.1) is 0 Å². The first kappa shape index (κ1) is 14.0. The predicted octanol–water partition coefficient (Wildman–Crippen LogP) is 2.26. The molecule has 0 aliphatic rings. The summed E-state index contributed by atoms with van der Waals surface area (Å²) in [5, 5.41) is 14.5. The standard InChI is InChI=1S/C16H16N2O2/c1-12(19)17-18-15(13-8-4-2-5-9-13)16(20)14-10-6-3-7-11-14/h2-11,16,20H,1H3,(H,17,19)/b18-15+/t16-/m1/s1. The molecule has 0 heterocycles. The fraction of sp³-hybridized carbons (Fsp3) is 0.125. The van der Waals surface area contributed by atoms with Gasteiger partial charge in [0.25, 0.3) is 0 Å². The van der Waals surface area contributed by atoms with Crippen LogP contribution in [0.4, 0.5) is 0 Å². The Bertz CT molecular complexity index is 594. The van der Waals surface area contributed by atoms with Crippen molar-refractivity contribution in [3.63, 3.8) is 0 Å². The Labute approximate surface area is 117 Å². The lowest BCUT2D eigenvalue weighted by atomic mass is 9.99. The lowest BCUT2D eigenvalue weighted by Crippen LogP contribution is -2.21. The van der Waals surface area contributed by atoms with Crippen LogP contribution in [-0.2, 0) is 4.79 Å². The summed E-state index contributed by atoms with van der Waals surface area (Å²) in [5.41, 5.74) is 4.28. The van der Waals surface area contributed by atoms with Crippen LogP contribution in [-0.4, -0.2) is 16.7 Å². The topological polar surface area (TPSA) is 61.7 Å². The van der Waals surface area contributed by atoms with E-state index in [1.165, 1.54) is 6.92 Å². The molecular weight excluding hydrogens is 252 g/mol. The van der Waals surface area contributed by atoms with Gasteiger partial charge in [0, 0.05) is 12.5 Å². The molecule has 0 aromatic heterocycles. The number of rotatable bonds is 4. The maximum atomic E-state index is 11.0. The number of nitrogens with one attached hydrogen (secondary N) is 1. The predicted molar refractivity (Wildman–Crippen MR) is 78.2 cm³/mol. The van der Waals surface area contributed by atoms with E-state index in [4.69, 9.17) is 0 Å². The summed E-state index contributed by atoms with van der Waals surface area (Å²) >= 11 is 0. The molecule has 2 aromatic rings. The Morgan fingerprint density at radius 2 is 1.60 bits per heavy atom. The Kier molecular flexibility index (Phi) is 4.63. The minimum atomic E-state index is -0.898. The molecule has 1 atom stereocenters. The van der Waals surface area contributed by atoms with E-state index in [1.807, 2.05) is 60.7 Å². The van der Waals surface area contributed by atoms with E-state index in [1.54, 1.807) is 0 Å². The highest BCUT2D eigenvalue weighted by atomic mass is 16.3. The molecule has 0 saturated carbocycles. The minimum absolute atomic E-state index is 0.279. The second-order valence-electron chi connectivity index (χ2n) is 4.34. The van der Waals surface area contributed by atoms with Crippen LogP contribution in [0.5, 0.6) is 0 Å². The molecule has 0 aliphatic carbocycles. The Balaban J connectivity index is 2.37. The van der Waals surface area contributed by atoms with E-state index >= 15 is 0 Å². The van der Waals surface area contributed by atoms with Crippen LogP contribution in [0.3, 0.4) is 0 Å². The van der Waals surface area contributed by atoms with Gasteiger partial charge in [-0.2, -0.15) is 5.10 Å². The highest BCUT2D eigenvalue weighted by Gasteiger charge is 2.17. The van der Waals surface area contributed by atoms with Crippen molar-refractivity contribution in [2.45, 2.75) is 13.0 Å². The molecule has 4 nitrogen and oxygen atoms in total. The minimum Gasteiger partial charge on any atom is -0.382 e. The van der Waals surface area contributed by atoms with E-state index in [9.17, 15) is 9.90 Å². The summed E-state index contributed by atoms with van der Waals surface area (Å²) in [6.07, 6.45) is -0.898. The number of hydrogen-bond acceptors (Lipinski definition) is 3. The zero-order valence-electron chi connectivity index (χ0n) is 11.2. The lowest BCUT2D eigenvalue weighted by molar-refractivity contribution is -0.118. The molecule has 2 rings (SSSR count). The molecule has 102 valence electrons. The lowest BCUT2D eigenvalue weighted by Gasteiger charge is -2.14. The second kappa shape index (κ2) is 6.63. The van der Waals surface area contributed by atoms with Crippen LogP contribution in [0, 0.1) is 0 Å². The number of benzene rings is 2. The van der Waals surface area contributed by atoms with E-state index in [0.717, 1.165) is 11.1 Å². The third-order valence-electron chi connectivity index (χ3n) is 2.78. The van der Waals surface area contributed by atoms with E-state index < -0.39 is 6.10 Å². The highest BCUT2D eigenvalue weighted by Crippen LogP contribution is 2.18. The number of aliphatic hydroxyl groups is 1. The Morgan fingerprint density at radius 1 is 1.05 bits per heavy atom. The number of carbonyl (C=O) groups excluding carboxylic acids is 1. The van der Waals surface area contributed by atoms with E-state index in [2.05, 4.69) is 10.5 Å². The first-order chi connectivity index (χ1) is 9.68. The third kappa shape index (κ3) is 3.52. The van der Waals surface area contributed by atoms with Crippen molar-refractivity contribution in [1.29, 1.82) is 0 Å². The van der Waals surface area contributed by atoms with Gasteiger partial charge in [0.2, 0.25) is 5.91 Å². The Morgan fingerprint density at radius 3 is 2.15 bits per heavy atom. The molecule has 1 amide bonds. The summed E-state index contributed by atoms with van der Waals surface area (Å²) in [6.45, 7) is 1.38. The summed E-state index contributed by atoms with van der Waals surface area (Å²) in [6, 6.07) is 18.5. The highest BCUT2D eigenvalue weighted by molar-refractivity contribution is 6.04. The van der Waals surface area contributed by atoms with Crippen LogP contribution in [0.25, 0.3) is 0 Å². The number of hydrazone groups is 1. The normalized spacial score (nSPS) is 12.8. The molecule has 0 saturated heterocycles. The summed E-state index contributed by atoms with van der Waals surface area (Å²) in [7, 11) is 0. The van der Waals surface area contributed by atoms with Gasteiger partial charge >= 0.3 is 0 Å². The van der Waals surface area contributed by atoms with E-state index in [0.29, 0.717) is 5.71 Å². The fourth-order valence-electron chi connectivity index (χ4n) is 1.82. The van der Waals surface area contributed by atoms with Crippen molar-refractivity contribution in [2.75, 3.05) is 0 Å². The van der Waals surface area contributed by atoms with Crippen molar-refractivity contribution in [3.8, 4) is 0 Å². The van der Waals surface area contributed by atoms with Crippen molar-refractivity contribution in [3.05, 3.63) is 71.8 Å². The van der Waals surface area contributed by atoms with Crippen molar-refractivity contribution in [1.82, 2.24) is 5.43 Å². The van der Waals surface area contributed by atoms with Crippen molar-refractivity contribution < 1.29 is 9.90 Å². The molecule has 4 heteroatoms. The van der Waals surface area contributed by atoms with Crippen molar-refractivity contribution in [2.24, 2.45) is 5.10 Å². The van der Waals surface area contributed by atoms with Gasteiger partial charge in [0.05, 0.1) is 0 Å². The molecule has 0 radical (unpaired) electrons. The molecule has 2 aromatic carbocycles. The maximum Gasteiger partial charge on any atom is 0.236 e. The first-order valence-electron chi connectivity index (χ1n) is 6.31. The maximum absolute atomic E-state index is 11.0. The van der Waals surface area contributed by atoms with Crippen LogP contribution in [0.1, 0.15) is 24.2 Å². The summed E-state index contributed by atoms with van der Waals surface area (Å²) in [4.78, 5) is 11.0.